The fourth-order valence-electron chi connectivity index (χ4n) is 1.86. The Hall–Kier alpha value is -1.13. The second-order valence-corrected chi connectivity index (χ2v) is 3.72. The van der Waals surface area contributed by atoms with Gasteiger partial charge < -0.3 is 9.84 Å². The fourth-order valence-corrected chi connectivity index (χ4v) is 1.86. The number of rotatable bonds is 3. The molecule has 1 saturated carbocycles. The van der Waals surface area contributed by atoms with Crippen LogP contribution in [0.2, 0.25) is 0 Å². The second kappa shape index (κ2) is 5.09. The van der Waals surface area contributed by atoms with Gasteiger partial charge in [-0.15, -0.1) is 0 Å². The molecule has 3 atom stereocenters. The first-order valence-electron chi connectivity index (χ1n) is 5.09. The molecule has 0 saturated heterocycles. The number of hydrogen-bond acceptors (Lipinski definition) is 3. The third kappa shape index (κ3) is 2.91. The molecule has 1 fully saturated rings. The first kappa shape index (κ1) is 11.9. The Kier molecular flexibility index (Phi) is 4.05. The number of aliphatic carboxylic acids is 1. The van der Waals surface area contributed by atoms with E-state index in [2.05, 4.69) is 0 Å². The van der Waals surface area contributed by atoms with Crippen LogP contribution in [0.5, 0.6) is 0 Å². The van der Waals surface area contributed by atoms with Crippen molar-refractivity contribution in [2.24, 2.45) is 11.8 Å². The molecular formula is C10H15FO4. The zero-order valence-electron chi connectivity index (χ0n) is 8.61. The van der Waals surface area contributed by atoms with Crippen LogP contribution >= 0.6 is 0 Å². The summed E-state index contributed by atoms with van der Waals surface area (Å²) in [5.41, 5.74) is 0. The lowest BCUT2D eigenvalue weighted by Gasteiger charge is -2.27. The van der Waals surface area contributed by atoms with Gasteiger partial charge in [0.1, 0.15) is 6.17 Å². The van der Waals surface area contributed by atoms with Crippen molar-refractivity contribution in [1.29, 1.82) is 0 Å². The van der Waals surface area contributed by atoms with E-state index in [1.54, 1.807) is 6.92 Å². The molecule has 0 radical (unpaired) electrons. The van der Waals surface area contributed by atoms with Crippen LogP contribution in [-0.4, -0.2) is 29.8 Å². The standard InChI is InChI=1S/C10H15FO4/c1-2-15-10(14)6-3-4-8(11)7(5-6)9(12)13/h6-8H,2-5H2,1H3,(H,12,13)/t6-,7?,8-/m0/s1. The van der Waals surface area contributed by atoms with Crippen molar-refractivity contribution < 1.29 is 23.8 Å². The minimum atomic E-state index is -1.34. The lowest BCUT2D eigenvalue weighted by molar-refractivity contribution is -0.154. The van der Waals surface area contributed by atoms with Gasteiger partial charge in [-0.2, -0.15) is 0 Å². The van der Waals surface area contributed by atoms with Gasteiger partial charge in [0.2, 0.25) is 0 Å². The molecule has 0 spiro atoms. The van der Waals surface area contributed by atoms with Crippen LogP contribution in [0.25, 0.3) is 0 Å². The maximum absolute atomic E-state index is 13.2. The van der Waals surface area contributed by atoms with E-state index < -0.39 is 29.9 Å². The van der Waals surface area contributed by atoms with Crippen LogP contribution in [0.4, 0.5) is 4.39 Å². The van der Waals surface area contributed by atoms with Gasteiger partial charge in [0.25, 0.3) is 0 Å². The first-order chi connectivity index (χ1) is 7.06. The molecule has 0 aromatic rings. The summed E-state index contributed by atoms with van der Waals surface area (Å²) in [5.74, 6) is -3.10. The normalized spacial score (nSPS) is 30.9. The van der Waals surface area contributed by atoms with Crippen molar-refractivity contribution in [3.63, 3.8) is 0 Å². The lowest BCUT2D eigenvalue weighted by atomic mass is 9.80. The molecule has 1 aliphatic rings. The fraction of sp³-hybridized carbons (Fsp3) is 0.800. The van der Waals surface area contributed by atoms with Gasteiger partial charge >= 0.3 is 11.9 Å². The SMILES string of the molecule is CCOC(=O)[C@H]1CC[C@H](F)C(C(=O)O)C1. The molecule has 1 aliphatic carbocycles. The van der Waals surface area contributed by atoms with E-state index >= 15 is 0 Å². The lowest BCUT2D eigenvalue weighted by Crippen LogP contribution is -2.35. The Labute approximate surface area is 87.4 Å². The highest BCUT2D eigenvalue weighted by Gasteiger charge is 2.38. The van der Waals surface area contributed by atoms with E-state index in [0.717, 1.165) is 0 Å². The molecule has 5 heteroatoms. The average molecular weight is 218 g/mol. The van der Waals surface area contributed by atoms with E-state index in [4.69, 9.17) is 9.84 Å². The third-order valence-corrected chi connectivity index (χ3v) is 2.70. The molecule has 0 aromatic heterocycles. The zero-order valence-corrected chi connectivity index (χ0v) is 8.61. The van der Waals surface area contributed by atoms with Gasteiger partial charge in [-0.05, 0) is 26.2 Å². The molecule has 15 heavy (non-hydrogen) atoms. The Balaban J connectivity index is 2.57. The highest BCUT2D eigenvalue weighted by molar-refractivity contribution is 5.76. The van der Waals surface area contributed by atoms with E-state index in [-0.39, 0.29) is 19.4 Å². The van der Waals surface area contributed by atoms with Crippen LogP contribution < -0.4 is 0 Å². The molecule has 0 heterocycles. The molecule has 1 unspecified atom stereocenters. The van der Waals surface area contributed by atoms with Crippen LogP contribution in [0.1, 0.15) is 26.2 Å². The number of alkyl halides is 1. The minimum absolute atomic E-state index is 0.0509. The molecule has 0 aromatic carbocycles. The Morgan fingerprint density at radius 1 is 1.47 bits per heavy atom. The topological polar surface area (TPSA) is 63.6 Å². The van der Waals surface area contributed by atoms with Crippen molar-refractivity contribution >= 4 is 11.9 Å². The molecular weight excluding hydrogens is 203 g/mol. The van der Waals surface area contributed by atoms with E-state index in [9.17, 15) is 14.0 Å². The van der Waals surface area contributed by atoms with Crippen molar-refractivity contribution in [2.45, 2.75) is 32.4 Å². The summed E-state index contributed by atoms with van der Waals surface area (Å²) >= 11 is 0. The Morgan fingerprint density at radius 3 is 2.67 bits per heavy atom. The summed E-state index contributed by atoms with van der Waals surface area (Å²) in [6.45, 7) is 1.96. The average Bonchev–Trinajstić information content (AvgIpc) is 2.18. The summed E-state index contributed by atoms with van der Waals surface area (Å²) in [5, 5.41) is 8.75. The van der Waals surface area contributed by atoms with E-state index in [1.165, 1.54) is 0 Å². The number of carboxylic acids is 1. The molecule has 0 aliphatic heterocycles. The maximum atomic E-state index is 13.2. The van der Waals surface area contributed by atoms with Gasteiger partial charge in [0, 0.05) is 0 Å². The van der Waals surface area contributed by atoms with Crippen molar-refractivity contribution in [2.75, 3.05) is 6.61 Å². The second-order valence-electron chi connectivity index (χ2n) is 3.72. The van der Waals surface area contributed by atoms with Crippen LogP contribution in [0.3, 0.4) is 0 Å². The smallest absolute Gasteiger partial charge is 0.309 e. The maximum Gasteiger partial charge on any atom is 0.309 e. The summed E-state index contributed by atoms with van der Waals surface area (Å²) in [6, 6.07) is 0. The van der Waals surface area contributed by atoms with Gasteiger partial charge in [0.15, 0.2) is 0 Å². The van der Waals surface area contributed by atoms with Gasteiger partial charge in [-0.1, -0.05) is 0 Å². The zero-order chi connectivity index (χ0) is 11.4. The number of ether oxygens (including phenoxy) is 1. The molecule has 4 nitrogen and oxygen atoms in total. The molecule has 0 bridgehead atoms. The number of carbonyl (C=O) groups excluding carboxylic acids is 1. The molecule has 1 rings (SSSR count). The van der Waals surface area contributed by atoms with Gasteiger partial charge in [-0.25, -0.2) is 4.39 Å². The summed E-state index contributed by atoms with van der Waals surface area (Å²) in [4.78, 5) is 22.0. The number of halogens is 1. The Bertz CT molecular complexity index is 254. The summed E-state index contributed by atoms with van der Waals surface area (Å²) in [6.07, 6.45) is -0.785. The first-order valence-corrected chi connectivity index (χ1v) is 5.09. The number of esters is 1. The van der Waals surface area contributed by atoms with Crippen molar-refractivity contribution in [3.8, 4) is 0 Å². The van der Waals surface area contributed by atoms with E-state index in [1.807, 2.05) is 0 Å². The number of carboxylic acid groups (broad SMARTS) is 1. The largest absolute Gasteiger partial charge is 0.481 e. The predicted molar refractivity (Wildman–Crippen MR) is 50.0 cm³/mol. The monoisotopic (exact) mass is 218 g/mol. The van der Waals surface area contributed by atoms with Gasteiger partial charge in [-0.3, -0.25) is 9.59 Å². The highest BCUT2D eigenvalue weighted by Crippen LogP contribution is 2.32. The van der Waals surface area contributed by atoms with Crippen molar-refractivity contribution in [1.82, 2.24) is 0 Å². The van der Waals surface area contributed by atoms with Crippen LogP contribution in [0.15, 0.2) is 0 Å². The van der Waals surface area contributed by atoms with Crippen LogP contribution in [-0.2, 0) is 14.3 Å². The highest BCUT2D eigenvalue weighted by atomic mass is 19.1. The Morgan fingerprint density at radius 2 is 2.13 bits per heavy atom. The molecule has 86 valence electrons. The summed E-state index contributed by atoms with van der Waals surface area (Å²) in [7, 11) is 0. The van der Waals surface area contributed by atoms with Crippen molar-refractivity contribution in [3.05, 3.63) is 0 Å². The number of carbonyl (C=O) groups is 2. The van der Waals surface area contributed by atoms with E-state index in [0.29, 0.717) is 6.42 Å². The third-order valence-electron chi connectivity index (χ3n) is 2.70. The van der Waals surface area contributed by atoms with Crippen LogP contribution in [0, 0.1) is 11.8 Å². The summed E-state index contributed by atoms with van der Waals surface area (Å²) < 4.78 is 18.0. The quantitative estimate of drug-likeness (QED) is 0.727. The molecule has 0 amide bonds. The predicted octanol–water partition coefficient (Wildman–Crippen LogP) is 1.39. The number of hydrogen-bond donors (Lipinski definition) is 1. The minimum Gasteiger partial charge on any atom is -0.481 e. The van der Waals surface area contributed by atoms with Gasteiger partial charge in [0.05, 0.1) is 18.4 Å². The molecule has 1 N–H and O–H groups in total.